The van der Waals surface area contributed by atoms with Gasteiger partial charge in [-0.15, -0.1) is 0 Å². The number of nitrogens with zero attached hydrogens (tertiary/aromatic N) is 1. The number of benzene rings is 1. The minimum absolute atomic E-state index is 0.309. The summed E-state index contributed by atoms with van der Waals surface area (Å²) < 4.78 is 4.72. The van der Waals surface area contributed by atoms with Crippen molar-refractivity contribution in [1.82, 2.24) is 4.98 Å². The highest BCUT2D eigenvalue weighted by atomic mass is 16.5. The Balaban J connectivity index is 2.37. The third-order valence-electron chi connectivity index (χ3n) is 2.59. The fourth-order valence-electron chi connectivity index (χ4n) is 1.71. The van der Waals surface area contributed by atoms with Crippen molar-refractivity contribution in [1.29, 1.82) is 0 Å². The minimum Gasteiger partial charge on any atom is -0.465 e. The maximum absolute atomic E-state index is 11.7. The van der Waals surface area contributed by atoms with Crippen molar-refractivity contribution in [3.8, 4) is 0 Å². The van der Waals surface area contributed by atoms with Gasteiger partial charge in [-0.2, -0.15) is 0 Å². The molecule has 0 radical (unpaired) electrons. The molecule has 3 N–H and O–H groups in total. The highest BCUT2D eigenvalue weighted by Gasteiger charge is 2.14. The van der Waals surface area contributed by atoms with Gasteiger partial charge in [0.25, 0.3) is 0 Å². The van der Waals surface area contributed by atoms with Crippen LogP contribution in [-0.2, 0) is 4.74 Å². The van der Waals surface area contributed by atoms with Gasteiger partial charge in [-0.05, 0) is 30.7 Å². The average molecular weight is 257 g/mol. The van der Waals surface area contributed by atoms with Crippen LogP contribution < -0.4 is 11.1 Å². The van der Waals surface area contributed by atoms with E-state index in [1.165, 1.54) is 19.4 Å². The van der Waals surface area contributed by atoms with Crippen LogP contribution >= 0.6 is 0 Å². The summed E-state index contributed by atoms with van der Waals surface area (Å²) in [5, 5.41) is 3.09. The first kappa shape index (κ1) is 12.9. The number of aromatic nitrogens is 1. The molecule has 0 aliphatic rings. The fraction of sp³-hybridized carbons (Fsp3) is 0.143. The normalized spacial score (nSPS) is 10.0. The average Bonchev–Trinajstić information content (AvgIpc) is 2.40. The van der Waals surface area contributed by atoms with E-state index in [0.29, 0.717) is 17.1 Å². The number of carbonyl (C=O) groups is 1. The van der Waals surface area contributed by atoms with E-state index < -0.39 is 5.97 Å². The molecule has 0 aliphatic carbocycles. The van der Waals surface area contributed by atoms with Crippen LogP contribution in [0.5, 0.6) is 0 Å². The summed E-state index contributed by atoms with van der Waals surface area (Å²) in [6.45, 7) is 1.99. The molecule has 1 heterocycles. The SMILES string of the molecule is COC(=O)c1cc(N)cnc1Nc1cccc(C)c1. The lowest BCUT2D eigenvalue weighted by atomic mass is 10.2. The Morgan fingerprint density at radius 3 is 2.84 bits per heavy atom. The first-order valence-corrected chi connectivity index (χ1v) is 5.77. The van der Waals surface area contributed by atoms with Gasteiger partial charge in [0.05, 0.1) is 19.0 Å². The lowest BCUT2D eigenvalue weighted by molar-refractivity contribution is 0.0601. The second-order valence-electron chi connectivity index (χ2n) is 4.15. The van der Waals surface area contributed by atoms with Crippen LogP contribution in [0.3, 0.4) is 0 Å². The number of carbonyl (C=O) groups excluding carboxylic acids is 1. The van der Waals surface area contributed by atoms with Crippen LogP contribution in [0.1, 0.15) is 15.9 Å². The summed E-state index contributed by atoms with van der Waals surface area (Å²) in [7, 11) is 1.32. The number of esters is 1. The Hall–Kier alpha value is -2.56. The molecule has 98 valence electrons. The van der Waals surface area contributed by atoms with E-state index in [1.807, 2.05) is 31.2 Å². The molecule has 19 heavy (non-hydrogen) atoms. The van der Waals surface area contributed by atoms with Gasteiger partial charge in [-0.3, -0.25) is 0 Å². The number of rotatable bonds is 3. The van der Waals surface area contributed by atoms with Crippen LogP contribution in [0.4, 0.5) is 17.2 Å². The Labute approximate surface area is 111 Å². The minimum atomic E-state index is -0.477. The van der Waals surface area contributed by atoms with Crippen molar-refractivity contribution in [3.63, 3.8) is 0 Å². The molecule has 1 aromatic carbocycles. The molecule has 0 bridgehead atoms. The van der Waals surface area contributed by atoms with Crippen LogP contribution in [0.15, 0.2) is 36.5 Å². The quantitative estimate of drug-likeness (QED) is 0.826. The molecular formula is C14H15N3O2. The number of hydrogen-bond donors (Lipinski definition) is 2. The molecule has 0 amide bonds. The molecule has 0 fully saturated rings. The lowest BCUT2D eigenvalue weighted by Crippen LogP contribution is -2.08. The van der Waals surface area contributed by atoms with Gasteiger partial charge in [-0.1, -0.05) is 12.1 Å². The van der Waals surface area contributed by atoms with Crippen molar-refractivity contribution >= 4 is 23.2 Å². The van der Waals surface area contributed by atoms with Crippen molar-refractivity contribution < 1.29 is 9.53 Å². The number of nitrogens with one attached hydrogen (secondary N) is 1. The van der Waals surface area contributed by atoms with Gasteiger partial charge in [0, 0.05) is 5.69 Å². The summed E-state index contributed by atoms with van der Waals surface area (Å²) in [6.07, 6.45) is 1.49. The van der Waals surface area contributed by atoms with Gasteiger partial charge in [0.2, 0.25) is 0 Å². The molecule has 0 spiro atoms. The van der Waals surface area contributed by atoms with E-state index in [9.17, 15) is 4.79 Å². The van der Waals surface area contributed by atoms with E-state index in [2.05, 4.69) is 10.3 Å². The fourth-order valence-corrected chi connectivity index (χ4v) is 1.71. The third-order valence-corrected chi connectivity index (χ3v) is 2.59. The Morgan fingerprint density at radius 2 is 2.16 bits per heavy atom. The number of methoxy groups -OCH3 is 1. The molecule has 0 saturated carbocycles. The number of pyridine rings is 1. The van der Waals surface area contributed by atoms with Crippen LogP contribution in [0.25, 0.3) is 0 Å². The number of anilines is 3. The summed E-state index contributed by atoms with van der Waals surface area (Å²) in [5.41, 5.74) is 8.32. The summed E-state index contributed by atoms with van der Waals surface area (Å²) in [6, 6.07) is 9.30. The third kappa shape index (κ3) is 3.01. The molecule has 5 nitrogen and oxygen atoms in total. The second kappa shape index (κ2) is 5.39. The van der Waals surface area contributed by atoms with E-state index >= 15 is 0 Å². The van der Waals surface area contributed by atoms with Crippen molar-refractivity contribution in [3.05, 3.63) is 47.7 Å². The maximum Gasteiger partial charge on any atom is 0.341 e. The van der Waals surface area contributed by atoms with Crippen molar-refractivity contribution in [2.45, 2.75) is 6.92 Å². The summed E-state index contributed by atoms with van der Waals surface area (Å²) in [5.74, 6) is -0.0541. The standard InChI is InChI=1S/C14H15N3O2/c1-9-4-3-5-11(6-9)17-13-12(14(18)19-2)7-10(15)8-16-13/h3-8H,15H2,1-2H3,(H,16,17). The monoisotopic (exact) mass is 257 g/mol. The zero-order valence-electron chi connectivity index (χ0n) is 10.8. The predicted octanol–water partition coefficient (Wildman–Crippen LogP) is 2.50. The highest BCUT2D eigenvalue weighted by Crippen LogP contribution is 2.21. The first-order valence-electron chi connectivity index (χ1n) is 5.77. The number of nitrogen functional groups attached to an aromatic ring is 1. The molecule has 2 rings (SSSR count). The number of hydrogen-bond acceptors (Lipinski definition) is 5. The Kier molecular flexibility index (Phi) is 3.66. The Morgan fingerprint density at radius 1 is 1.37 bits per heavy atom. The van der Waals surface area contributed by atoms with Gasteiger partial charge in [-0.25, -0.2) is 9.78 Å². The van der Waals surface area contributed by atoms with Crippen LogP contribution in [0, 0.1) is 6.92 Å². The van der Waals surface area contributed by atoms with Crippen LogP contribution in [-0.4, -0.2) is 18.1 Å². The van der Waals surface area contributed by atoms with Crippen molar-refractivity contribution in [2.75, 3.05) is 18.2 Å². The zero-order chi connectivity index (χ0) is 13.8. The number of nitrogens with two attached hydrogens (primary N) is 1. The molecule has 5 heteroatoms. The van der Waals surface area contributed by atoms with E-state index in [-0.39, 0.29) is 0 Å². The number of aryl methyl sites for hydroxylation is 1. The number of ether oxygens (including phenoxy) is 1. The topological polar surface area (TPSA) is 77.2 Å². The molecule has 0 saturated heterocycles. The highest BCUT2D eigenvalue weighted by molar-refractivity contribution is 5.96. The second-order valence-corrected chi connectivity index (χ2v) is 4.15. The maximum atomic E-state index is 11.7. The van der Waals surface area contributed by atoms with Gasteiger partial charge >= 0.3 is 5.97 Å². The van der Waals surface area contributed by atoms with E-state index in [0.717, 1.165) is 11.3 Å². The molecule has 0 atom stereocenters. The van der Waals surface area contributed by atoms with Gasteiger partial charge < -0.3 is 15.8 Å². The van der Waals surface area contributed by atoms with Crippen LogP contribution in [0.2, 0.25) is 0 Å². The van der Waals surface area contributed by atoms with Gasteiger partial charge in [0.15, 0.2) is 0 Å². The zero-order valence-corrected chi connectivity index (χ0v) is 10.8. The smallest absolute Gasteiger partial charge is 0.341 e. The lowest BCUT2D eigenvalue weighted by Gasteiger charge is -2.10. The predicted molar refractivity (Wildman–Crippen MR) is 74.5 cm³/mol. The first-order chi connectivity index (χ1) is 9.10. The molecular weight excluding hydrogens is 242 g/mol. The Bertz CT molecular complexity index is 611. The molecule has 1 aromatic heterocycles. The largest absolute Gasteiger partial charge is 0.465 e. The molecule has 0 aliphatic heterocycles. The van der Waals surface area contributed by atoms with E-state index in [4.69, 9.17) is 10.5 Å². The molecule has 0 unspecified atom stereocenters. The summed E-state index contributed by atoms with van der Waals surface area (Å²) in [4.78, 5) is 15.8. The molecule has 2 aromatic rings. The van der Waals surface area contributed by atoms with Crippen molar-refractivity contribution in [2.24, 2.45) is 0 Å². The van der Waals surface area contributed by atoms with Gasteiger partial charge in [0.1, 0.15) is 11.4 Å². The summed E-state index contributed by atoms with van der Waals surface area (Å²) >= 11 is 0. The van der Waals surface area contributed by atoms with E-state index in [1.54, 1.807) is 0 Å².